The summed E-state index contributed by atoms with van der Waals surface area (Å²) in [5.74, 6) is 11.4. The molecule has 5 aliphatic heterocycles. The van der Waals surface area contributed by atoms with Crippen LogP contribution in [0.4, 0.5) is 0 Å². The first-order chi connectivity index (χ1) is 34.6. The summed E-state index contributed by atoms with van der Waals surface area (Å²) in [6.07, 6.45) is 18.4. The zero-order valence-electron chi connectivity index (χ0n) is 41.2. The Labute approximate surface area is 426 Å². The van der Waals surface area contributed by atoms with Gasteiger partial charge in [-0.1, -0.05) is 64.3 Å². The number of carbonyl (C=O) groups is 1. The van der Waals surface area contributed by atoms with Crippen molar-refractivity contribution in [1.29, 1.82) is 0 Å². The van der Waals surface area contributed by atoms with Crippen molar-refractivity contribution >= 4 is 33.6 Å². The van der Waals surface area contributed by atoms with Crippen LogP contribution in [0.5, 0.6) is 28.7 Å². The minimum absolute atomic E-state index is 0.0848. The van der Waals surface area contributed by atoms with Crippen molar-refractivity contribution in [1.82, 2.24) is 16.0 Å². The van der Waals surface area contributed by atoms with Crippen LogP contribution in [0.2, 0.25) is 0 Å². The van der Waals surface area contributed by atoms with E-state index in [9.17, 15) is 15.0 Å². The van der Waals surface area contributed by atoms with E-state index in [-0.39, 0.29) is 47.8 Å². The van der Waals surface area contributed by atoms with Gasteiger partial charge in [-0.25, -0.2) is 0 Å². The first kappa shape index (κ1) is 48.5. The van der Waals surface area contributed by atoms with Gasteiger partial charge in [0.2, 0.25) is 0 Å². The number of dihydropyridines is 1. The van der Waals surface area contributed by atoms with Gasteiger partial charge in [0.25, 0.3) is 0 Å². The van der Waals surface area contributed by atoms with Crippen LogP contribution in [0.3, 0.4) is 0 Å². The quantitative estimate of drug-likeness (QED) is 0.0493. The predicted octanol–water partition coefficient (Wildman–Crippen LogP) is 9.00. The van der Waals surface area contributed by atoms with Crippen molar-refractivity contribution in [3.05, 3.63) is 92.7 Å². The summed E-state index contributed by atoms with van der Waals surface area (Å²) in [6.45, 7) is 3.30. The lowest BCUT2D eigenvalue weighted by molar-refractivity contribution is -0.141. The molecule has 0 amide bonds. The van der Waals surface area contributed by atoms with Gasteiger partial charge in [-0.05, 0) is 123 Å². The second-order valence-electron chi connectivity index (χ2n) is 21.1. The van der Waals surface area contributed by atoms with E-state index >= 15 is 0 Å². The standard InChI is InChI=1S/C57H68N4O8S2/c1-32(62)67-29-44-40-13-14-41-50-36(24-38(63)25-47(50)66-3)27-57-19-18-33(26-57)22-35-12-17-49(58)61-45(35)11-7-10-39-43(28-59-20-4-5-21-65-2)53(64)56-42(51(39)54(44)69-55(40)52(41)57)15-16-46-48(68-56)31-71-70-30-34-8-6-9-37(23-34)60-46/h12-17,24-25,33-34,37,44,46,48-49,54,59-61,63-64H,4-6,8-10,18-23,26-31,58H2,1-3H3/t33-,34-,37+,44+,46+,48-,49?,54+,57-/m1/s1. The summed E-state index contributed by atoms with van der Waals surface area (Å²) >= 11 is 0. The third-order valence-corrected chi connectivity index (χ3v) is 19.0. The highest BCUT2D eigenvalue weighted by Gasteiger charge is 2.52. The zero-order valence-corrected chi connectivity index (χ0v) is 42.8. The second-order valence-corrected chi connectivity index (χ2v) is 23.6. The van der Waals surface area contributed by atoms with E-state index in [2.05, 4.69) is 58.2 Å². The van der Waals surface area contributed by atoms with Crippen LogP contribution in [0.15, 0.2) is 53.8 Å². The van der Waals surface area contributed by atoms with Crippen molar-refractivity contribution in [2.24, 2.45) is 17.6 Å². The largest absolute Gasteiger partial charge is 0.508 e. The van der Waals surface area contributed by atoms with Crippen LogP contribution in [0, 0.1) is 23.7 Å². The number of allylic oxidation sites excluding steroid dienone is 3. The maximum atomic E-state index is 12.9. The predicted molar refractivity (Wildman–Crippen MR) is 281 cm³/mol. The van der Waals surface area contributed by atoms with Gasteiger partial charge < -0.3 is 55.6 Å². The van der Waals surface area contributed by atoms with E-state index in [0.29, 0.717) is 60.9 Å². The third-order valence-electron chi connectivity index (χ3n) is 16.4. The van der Waals surface area contributed by atoms with Gasteiger partial charge in [-0.3, -0.25) is 4.79 Å². The maximum absolute atomic E-state index is 12.9. The highest BCUT2D eigenvalue weighted by atomic mass is 33.1. The smallest absolute Gasteiger partial charge is 0.302 e. The molecule has 3 aliphatic carbocycles. The van der Waals surface area contributed by atoms with Crippen molar-refractivity contribution < 1.29 is 38.7 Å². The first-order valence-corrected chi connectivity index (χ1v) is 28.4. The van der Waals surface area contributed by atoms with Crippen LogP contribution >= 0.6 is 21.6 Å². The maximum Gasteiger partial charge on any atom is 0.302 e. The van der Waals surface area contributed by atoms with Crippen LogP contribution in [-0.2, 0) is 39.1 Å². The molecule has 376 valence electrons. The molecule has 0 aromatic heterocycles. The van der Waals surface area contributed by atoms with Crippen molar-refractivity contribution in [2.75, 3.05) is 45.5 Å². The Kier molecular flexibility index (Phi) is 14.1. The van der Waals surface area contributed by atoms with Gasteiger partial charge in [0, 0.05) is 96.0 Å². The van der Waals surface area contributed by atoms with E-state index in [4.69, 9.17) is 29.4 Å². The van der Waals surface area contributed by atoms with Crippen molar-refractivity contribution in [3.63, 3.8) is 0 Å². The molecule has 3 aromatic rings. The number of unbranched alkanes of at least 4 members (excludes halogenated alkanes) is 1. The van der Waals surface area contributed by atoms with Crippen molar-refractivity contribution in [2.45, 2.75) is 132 Å². The number of esters is 1. The zero-order chi connectivity index (χ0) is 48.8. The van der Waals surface area contributed by atoms with Gasteiger partial charge >= 0.3 is 5.97 Å². The summed E-state index contributed by atoms with van der Waals surface area (Å²) in [4.78, 5) is 12.9. The lowest BCUT2D eigenvalue weighted by Gasteiger charge is -2.39. The summed E-state index contributed by atoms with van der Waals surface area (Å²) in [5.41, 5.74) is 16.6. The lowest BCUT2D eigenvalue weighted by Crippen LogP contribution is -2.49. The minimum atomic E-state index is -0.661. The summed E-state index contributed by atoms with van der Waals surface area (Å²) in [6, 6.07) is 8.24. The molecule has 11 rings (SSSR count). The number of nitrogens with two attached hydrogens (primary N) is 1. The number of methoxy groups -OCH3 is 2. The van der Waals surface area contributed by atoms with Crippen LogP contribution < -0.4 is 35.9 Å². The third kappa shape index (κ3) is 9.44. The number of benzene rings is 3. The number of hydrogen-bond acceptors (Lipinski definition) is 14. The molecule has 1 spiro atoms. The fourth-order valence-corrected chi connectivity index (χ4v) is 15.9. The Hall–Kier alpha value is -4.75. The van der Waals surface area contributed by atoms with Gasteiger partial charge in [-0.15, -0.1) is 0 Å². The number of fused-ring (bicyclic) bond motifs is 11. The van der Waals surface area contributed by atoms with Crippen LogP contribution in [0.25, 0.3) is 17.2 Å². The molecule has 3 aromatic carbocycles. The summed E-state index contributed by atoms with van der Waals surface area (Å²) < 4.78 is 32.6. The number of ether oxygens (including phenoxy) is 5. The molecule has 1 saturated heterocycles. The Morgan fingerprint density at radius 1 is 1.04 bits per heavy atom. The molecular formula is C57H68N4O8S2. The number of nitrogens with one attached hydrogen (secondary N) is 3. The molecule has 71 heavy (non-hydrogen) atoms. The Morgan fingerprint density at radius 3 is 2.79 bits per heavy atom. The molecule has 12 nitrogen and oxygen atoms in total. The topological polar surface area (TPSA) is 166 Å². The van der Waals surface area contributed by atoms with Gasteiger partial charge in [0.15, 0.2) is 11.5 Å². The molecule has 2 saturated carbocycles. The lowest BCUT2D eigenvalue weighted by atomic mass is 9.65. The Bertz CT molecular complexity index is 2730. The number of phenolic OH excluding ortho intramolecular Hbond substituents is 2. The number of rotatable bonds is 10. The monoisotopic (exact) mass is 1000 g/mol. The van der Waals surface area contributed by atoms with Crippen LogP contribution in [0.1, 0.15) is 122 Å². The van der Waals surface area contributed by atoms with Gasteiger partial charge in [-0.2, -0.15) is 0 Å². The first-order valence-electron chi connectivity index (χ1n) is 25.9. The van der Waals surface area contributed by atoms with Gasteiger partial charge in [0.05, 0.1) is 30.9 Å². The van der Waals surface area contributed by atoms with Crippen LogP contribution in [-0.4, -0.2) is 86.0 Å². The van der Waals surface area contributed by atoms with E-state index in [1.165, 1.54) is 19.8 Å². The van der Waals surface area contributed by atoms with E-state index in [1.54, 1.807) is 20.3 Å². The summed E-state index contributed by atoms with van der Waals surface area (Å²) in [5, 5.41) is 35.3. The summed E-state index contributed by atoms with van der Waals surface area (Å²) in [7, 11) is 7.19. The number of phenols is 2. The average molecular weight is 1000 g/mol. The number of hydrogen-bond donors (Lipinski definition) is 6. The van der Waals surface area contributed by atoms with Crippen molar-refractivity contribution in [3.8, 4) is 51.7 Å². The molecule has 7 N–H and O–H groups in total. The second kappa shape index (κ2) is 20.6. The minimum Gasteiger partial charge on any atom is -0.508 e. The molecule has 0 radical (unpaired) electrons. The molecule has 9 atom stereocenters. The van der Waals surface area contributed by atoms with Gasteiger partial charge in [0.1, 0.15) is 36.1 Å². The average Bonchev–Trinajstić information content (AvgIpc) is 3.87. The molecule has 5 heterocycles. The highest BCUT2D eigenvalue weighted by Crippen LogP contribution is 2.63. The Morgan fingerprint density at radius 2 is 1.93 bits per heavy atom. The molecular weight excluding hydrogens is 933 g/mol. The Balaban J connectivity index is 1.15. The molecule has 6 bridgehead atoms. The molecule has 3 fully saturated rings. The SMILES string of the molecule is COCCCCNCc1c(O)c2c(c3c1CC#CC1=C(C=CC(N)N1)C[C@H]1CC[C@]4(Cc5cc(O)cc(OC)c5-c5ccc6c(c54)O[C@H]3[C@H]6COC(C)=O)C1)C=C[C@@H]1N[C@H]3CCC[C@@H](CSSC[C@H]1O2)C3. The van der Waals surface area contributed by atoms with E-state index < -0.39 is 12.0 Å². The fraction of sp³-hybridized carbons (Fsp3) is 0.526. The number of carbonyl (C=O) groups excluding carboxylic acids is 1. The number of aromatic hydroxyl groups is 2. The van der Waals surface area contributed by atoms with E-state index in [1.807, 2.05) is 33.7 Å². The molecule has 8 aliphatic rings. The highest BCUT2D eigenvalue weighted by molar-refractivity contribution is 8.76. The normalized spacial score (nSPS) is 28.8. The molecule has 14 heteroatoms. The molecule has 1 unspecified atom stereocenters. The van der Waals surface area contributed by atoms with E-state index in [0.717, 1.165) is 131 Å². The fourth-order valence-electron chi connectivity index (χ4n) is 13.3.